The molecule has 5 fully saturated rings. The number of hydrogen-bond acceptors (Lipinski definition) is 8. The molecule has 5 heterocycles. The van der Waals surface area contributed by atoms with Gasteiger partial charge in [-0.15, -0.1) is 0 Å². The lowest BCUT2D eigenvalue weighted by Gasteiger charge is -2.52. The summed E-state index contributed by atoms with van der Waals surface area (Å²) in [6.07, 6.45) is 12.2. The van der Waals surface area contributed by atoms with Crippen molar-refractivity contribution in [2.45, 2.75) is 88.6 Å². The van der Waals surface area contributed by atoms with Crippen LogP contribution in [0.2, 0.25) is 0 Å². The van der Waals surface area contributed by atoms with Crippen LogP contribution in [0.4, 0.5) is 22.2 Å². The number of anilines is 3. The predicted molar refractivity (Wildman–Crippen MR) is 184 cm³/mol. The number of sulfonamides is 1. The van der Waals surface area contributed by atoms with Gasteiger partial charge in [0.1, 0.15) is 17.5 Å². The standard InChI is InChI=1S/C36H49N7O4S/c1-36(2)21-24-5-4-13-37-30-6-3-7-32(38-30)48(46,47)40-34(44)29-10-11-31(39-33(29)43(36)22-24)42-16-15-41(35(42)45)14-12-26-19-25-17-23-8-9-28(26)27(18-23)20-25/h3,6-7,10-11,23-28H,4-5,8-9,12-22H2,1-2H3,(H,37,38)(H,40,44)/t23?,24-,25?,26?,27?,28?/m0/s1. The van der Waals surface area contributed by atoms with Crippen molar-refractivity contribution in [3.8, 4) is 0 Å². The van der Waals surface area contributed by atoms with Gasteiger partial charge in [0.15, 0.2) is 5.03 Å². The Morgan fingerprint density at radius 2 is 1.79 bits per heavy atom. The summed E-state index contributed by atoms with van der Waals surface area (Å²) in [7, 11) is -4.25. The van der Waals surface area contributed by atoms with Gasteiger partial charge in [-0.2, -0.15) is 8.42 Å². The third-order valence-electron chi connectivity index (χ3n) is 12.5. The Bertz CT molecular complexity index is 1690. The number of carbonyl (C=O) groups excluding carboxylic acids is 2. The molecule has 11 nitrogen and oxygen atoms in total. The van der Waals surface area contributed by atoms with Gasteiger partial charge in [0.25, 0.3) is 15.9 Å². The molecule has 3 amide bonds. The molecule has 2 aromatic heterocycles. The molecule has 5 unspecified atom stereocenters. The van der Waals surface area contributed by atoms with Crippen molar-refractivity contribution >= 4 is 39.4 Å². The SMILES string of the molecule is CC1(C)C[C@@H]2CCCNc3cccc(n3)S(=O)(=O)NC(=O)c3ccc(N4CCN(CCC5CC6CC7CCC5C(C7)C6)C4=O)nc3N1C2. The van der Waals surface area contributed by atoms with Crippen LogP contribution in [0.15, 0.2) is 35.4 Å². The molecule has 8 rings (SSSR count). The minimum Gasteiger partial charge on any atom is -0.370 e. The highest BCUT2D eigenvalue weighted by Gasteiger charge is 2.46. The van der Waals surface area contributed by atoms with Crippen molar-refractivity contribution in [3.05, 3.63) is 35.9 Å². The lowest BCUT2D eigenvalue weighted by molar-refractivity contribution is -0.0151. The first-order valence-corrected chi connectivity index (χ1v) is 19.7. The Labute approximate surface area is 284 Å². The zero-order valence-electron chi connectivity index (χ0n) is 28.2. The molecule has 6 atom stereocenters. The normalized spacial score (nSPS) is 32.2. The molecule has 0 aromatic carbocycles. The van der Waals surface area contributed by atoms with E-state index in [9.17, 15) is 18.0 Å². The highest BCUT2D eigenvalue weighted by Crippen LogP contribution is 2.55. The summed E-state index contributed by atoms with van der Waals surface area (Å²) >= 11 is 0. The van der Waals surface area contributed by atoms with Crippen LogP contribution in [0.25, 0.3) is 0 Å². The van der Waals surface area contributed by atoms with Gasteiger partial charge in [-0.05, 0) is 131 Å². The summed E-state index contributed by atoms with van der Waals surface area (Å²) in [5.41, 5.74) is -0.153. The summed E-state index contributed by atoms with van der Waals surface area (Å²) in [5.74, 6) is 5.28. The second kappa shape index (κ2) is 12.2. The fourth-order valence-corrected chi connectivity index (χ4v) is 11.3. The van der Waals surface area contributed by atoms with Gasteiger partial charge in [-0.3, -0.25) is 9.69 Å². The number of amides is 3. The molecule has 3 aliphatic heterocycles. The maximum absolute atomic E-state index is 13.9. The number of nitrogens with one attached hydrogen (secondary N) is 2. The molecule has 2 saturated heterocycles. The average Bonchev–Trinajstić information content (AvgIpc) is 3.57. The molecule has 48 heavy (non-hydrogen) atoms. The van der Waals surface area contributed by atoms with E-state index >= 15 is 0 Å². The van der Waals surface area contributed by atoms with Crippen LogP contribution in [-0.2, 0) is 10.0 Å². The molecular weight excluding hydrogens is 627 g/mol. The Morgan fingerprint density at radius 1 is 0.938 bits per heavy atom. The smallest absolute Gasteiger partial charge is 0.325 e. The van der Waals surface area contributed by atoms with Crippen molar-refractivity contribution < 1.29 is 18.0 Å². The summed E-state index contributed by atoms with van der Waals surface area (Å²) in [5, 5.41) is 3.01. The third-order valence-corrected chi connectivity index (χ3v) is 13.7. The van der Waals surface area contributed by atoms with Gasteiger partial charge in [0, 0.05) is 38.3 Å². The molecule has 6 aliphatic rings. The van der Waals surface area contributed by atoms with E-state index < -0.39 is 15.9 Å². The molecule has 3 saturated carbocycles. The first-order chi connectivity index (χ1) is 23.0. The topological polar surface area (TPSA) is 128 Å². The lowest BCUT2D eigenvalue weighted by atomic mass is 9.54. The van der Waals surface area contributed by atoms with Crippen LogP contribution in [-0.4, -0.2) is 73.5 Å². The molecule has 0 spiro atoms. The maximum atomic E-state index is 13.9. The molecule has 12 heteroatoms. The third kappa shape index (κ3) is 5.92. The zero-order valence-corrected chi connectivity index (χ0v) is 29.1. The van der Waals surface area contributed by atoms with Gasteiger partial charge in [0.05, 0.1) is 5.56 Å². The fraction of sp³-hybridized carbons (Fsp3) is 0.667. The monoisotopic (exact) mass is 675 g/mol. The van der Waals surface area contributed by atoms with E-state index in [0.29, 0.717) is 49.6 Å². The quantitative estimate of drug-likeness (QED) is 0.435. The zero-order chi connectivity index (χ0) is 33.2. The summed E-state index contributed by atoms with van der Waals surface area (Å²) in [6, 6.07) is 8.00. The van der Waals surface area contributed by atoms with Gasteiger partial charge in [0.2, 0.25) is 0 Å². The van der Waals surface area contributed by atoms with Crippen molar-refractivity contribution in [2.24, 2.45) is 35.5 Å². The summed E-state index contributed by atoms with van der Waals surface area (Å²) < 4.78 is 28.9. The fourth-order valence-electron chi connectivity index (χ4n) is 10.4. The van der Waals surface area contributed by atoms with Crippen molar-refractivity contribution in [3.63, 3.8) is 0 Å². The lowest BCUT2D eigenvalue weighted by Crippen LogP contribution is -2.43. The van der Waals surface area contributed by atoms with E-state index in [1.165, 1.54) is 44.6 Å². The average molecular weight is 676 g/mol. The molecule has 2 N–H and O–H groups in total. The predicted octanol–water partition coefficient (Wildman–Crippen LogP) is 5.50. The number of nitrogens with zero attached hydrogens (tertiary/aromatic N) is 5. The van der Waals surface area contributed by atoms with Gasteiger partial charge in [-0.25, -0.2) is 19.5 Å². The van der Waals surface area contributed by atoms with Gasteiger partial charge >= 0.3 is 6.03 Å². The molecule has 258 valence electrons. The van der Waals surface area contributed by atoms with Crippen LogP contribution < -0.4 is 19.8 Å². The van der Waals surface area contributed by atoms with E-state index in [1.54, 1.807) is 29.2 Å². The van der Waals surface area contributed by atoms with Gasteiger partial charge in [-0.1, -0.05) is 12.5 Å². The number of urea groups is 1. The number of fused-ring (bicyclic) bond motifs is 8. The van der Waals surface area contributed by atoms with E-state index in [2.05, 4.69) is 33.8 Å². The number of hydrogen-bond donors (Lipinski definition) is 2. The number of rotatable bonds is 4. The minimum atomic E-state index is -4.25. The van der Waals surface area contributed by atoms with Crippen molar-refractivity contribution in [1.82, 2.24) is 19.6 Å². The largest absolute Gasteiger partial charge is 0.370 e. The first kappa shape index (κ1) is 31.8. The van der Waals surface area contributed by atoms with E-state index in [1.807, 2.05) is 4.90 Å². The number of aromatic nitrogens is 2. The second-order valence-corrected chi connectivity index (χ2v) is 17.7. The van der Waals surface area contributed by atoms with Crippen LogP contribution in [0.3, 0.4) is 0 Å². The van der Waals surface area contributed by atoms with Crippen LogP contribution in [0.1, 0.15) is 88.4 Å². The first-order valence-electron chi connectivity index (χ1n) is 18.2. The molecule has 3 aliphatic carbocycles. The summed E-state index contributed by atoms with van der Waals surface area (Å²) in [4.78, 5) is 42.7. The Kier molecular flexibility index (Phi) is 8.07. The van der Waals surface area contributed by atoms with Gasteiger partial charge < -0.3 is 15.1 Å². The Balaban J connectivity index is 1.05. The number of carbonyl (C=O) groups is 2. The second-order valence-electron chi connectivity index (χ2n) is 16.0. The van der Waals surface area contributed by atoms with Crippen molar-refractivity contribution in [2.75, 3.05) is 47.8 Å². The Hall–Kier alpha value is -3.41. The Morgan fingerprint density at radius 3 is 2.67 bits per heavy atom. The minimum absolute atomic E-state index is 0.0386. The van der Waals surface area contributed by atoms with E-state index in [0.717, 1.165) is 61.8 Å². The maximum Gasteiger partial charge on any atom is 0.325 e. The van der Waals surface area contributed by atoms with Crippen LogP contribution in [0.5, 0.6) is 0 Å². The van der Waals surface area contributed by atoms with Crippen LogP contribution in [0, 0.1) is 35.5 Å². The van der Waals surface area contributed by atoms with Crippen LogP contribution >= 0.6 is 0 Å². The number of pyridine rings is 2. The molecular formula is C36H49N7O4S. The molecule has 7 bridgehead atoms. The summed E-state index contributed by atoms with van der Waals surface area (Å²) in [6.45, 7) is 7.60. The molecule has 0 radical (unpaired) electrons. The van der Waals surface area contributed by atoms with E-state index in [-0.39, 0.29) is 22.2 Å². The molecule has 2 aromatic rings. The van der Waals surface area contributed by atoms with E-state index in [4.69, 9.17) is 4.98 Å². The van der Waals surface area contributed by atoms with Crippen molar-refractivity contribution in [1.29, 1.82) is 0 Å². The highest BCUT2D eigenvalue weighted by molar-refractivity contribution is 7.90. The highest BCUT2D eigenvalue weighted by atomic mass is 32.2.